The Labute approximate surface area is 141 Å². The van der Waals surface area contributed by atoms with Crippen LogP contribution in [0, 0.1) is 5.92 Å². The first-order chi connectivity index (χ1) is 11.2. The normalized spacial score (nSPS) is 18.3. The predicted molar refractivity (Wildman–Crippen MR) is 95.9 cm³/mol. The van der Waals surface area contributed by atoms with Gasteiger partial charge in [0.2, 0.25) is 0 Å². The number of nitrogens with one attached hydrogen (secondary N) is 1. The monoisotopic (exact) mass is 328 g/mol. The van der Waals surface area contributed by atoms with Gasteiger partial charge < -0.3 is 20.5 Å². The molecule has 0 bridgehead atoms. The van der Waals surface area contributed by atoms with Crippen molar-refractivity contribution in [2.45, 2.75) is 46.1 Å². The van der Waals surface area contributed by atoms with Crippen molar-refractivity contribution in [3.63, 3.8) is 0 Å². The van der Waals surface area contributed by atoms with E-state index in [1.807, 2.05) is 6.92 Å². The van der Waals surface area contributed by atoms with Crippen LogP contribution in [0.4, 0.5) is 0 Å². The summed E-state index contributed by atoms with van der Waals surface area (Å²) in [5.41, 5.74) is 6.00. The van der Waals surface area contributed by atoms with Crippen molar-refractivity contribution >= 4 is 5.96 Å². The summed E-state index contributed by atoms with van der Waals surface area (Å²) in [5, 5.41) is 3.18. The van der Waals surface area contributed by atoms with E-state index in [1.165, 1.54) is 12.8 Å². The van der Waals surface area contributed by atoms with E-state index < -0.39 is 0 Å². The zero-order chi connectivity index (χ0) is 16.9. The number of morpholine rings is 1. The third kappa shape index (κ3) is 7.99. The minimum absolute atomic E-state index is 0.456. The number of rotatable bonds is 11. The maximum Gasteiger partial charge on any atom is 0.188 e. The molecule has 6 heteroatoms. The first-order valence-electron chi connectivity index (χ1n) is 9.16. The summed E-state index contributed by atoms with van der Waals surface area (Å²) in [5.74, 6) is 1.20. The molecule has 1 fully saturated rings. The molecule has 1 atom stereocenters. The molecule has 6 nitrogen and oxygen atoms in total. The van der Waals surface area contributed by atoms with Crippen LogP contribution in [0.15, 0.2) is 4.99 Å². The minimum Gasteiger partial charge on any atom is -0.382 e. The molecule has 0 saturated carbocycles. The van der Waals surface area contributed by atoms with E-state index in [0.29, 0.717) is 17.9 Å². The summed E-state index contributed by atoms with van der Waals surface area (Å²) in [6.07, 6.45) is 3.30. The summed E-state index contributed by atoms with van der Waals surface area (Å²) < 4.78 is 10.8. The van der Waals surface area contributed by atoms with Crippen LogP contribution in [0.25, 0.3) is 0 Å². The molecule has 3 N–H and O–H groups in total. The second kappa shape index (κ2) is 12.6. The molecule has 1 heterocycles. The fraction of sp³-hybridized carbons (Fsp3) is 0.941. The smallest absolute Gasteiger partial charge is 0.188 e. The van der Waals surface area contributed by atoms with E-state index in [0.717, 1.165) is 59.0 Å². The fourth-order valence-corrected chi connectivity index (χ4v) is 3.09. The van der Waals surface area contributed by atoms with Crippen LogP contribution in [0.3, 0.4) is 0 Å². The number of hydrogen-bond donors (Lipinski definition) is 2. The number of nitrogens with two attached hydrogens (primary N) is 1. The number of nitrogens with zero attached hydrogens (tertiary/aromatic N) is 2. The summed E-state index contributed by atoms with van der Waals surface area (Å²) in [7, 11) is 0. The van der Waals surface area contributed by atoms with Gasteiger partial charge in [0.05, 0.1) is 19.8 Å². The van der Waals surface area contributed by atoms with Crippen molar-refractivity contribution in [1.29, 1.82) is 0 Å². The van der Waals surface area contributed by atoms with Crippen molar-refractivity contribution < 1.29 is 9.47 Å². The van der Waals surface area contributed by atoms with Crippen LogP contribution >= 0.6 is 0 Å². The Bertz CT molecular complexity index is 316. The van der Waals surface area contributed by atoms with Gasteiger partial charge in [-0.25, -0.2) is 0 Å². The Hall–Kier alpha value is -0.850. The minimum atomic E-state index is 0.456. The fourth-order valence-electron chi connectivity index (χ4n) is 3.09. The molecule has 0 radical (unpaired) electrons. The predicted octanol–water partition coefficient (Wildman–Crippen LogP) is 1.45. The van der Waals surface area contributed by atoms with Crippen molar-refractivity contribution in [3.05, 3.63) is 0 Å². The molecule has 0 amide bonds. The molecule has 0 aromatic heterocycles. The topological polar surface area (TPSA) is 72.1 Å². The molecule has 1 unspecified atom stereocenters. The molecule has 1 rings (SSSR count). The van der Waals surface area contributed by atoms with Crippen LogP contribution in [0.2, 0.25) is 0 Å². The first-order valence-corrected chi connectivity index (χ1v) is 9.16. The van der Waals surface area contributed by atoms with Crippen molar-refractivity contribution in [3.8, 4) is 0 Å². The third-order valence-corrected chi connectivity index (χ3v) is 4.53. The van der Waals surface area contributed by atoms with E-state index in [1.54, 1.807) is 0 Å². The van der Waals surface area contributed by atoms with E-state index >= 15 is 0 Å². The maximum atomic E-state index is 6.00. The first kappa shape index (κ1) is 20.2. The number of aliphatic imine (C=N–C) groups is 1. The van der Waals surface area contributed by atoms with Gasteiger partial charge in [-0.2, -0.15) is 0 Å². The van der Waals surface area contributed by atoms with Crippen molar-refractivity contribution in [2.24, 2.45) is 16.6 Å². The van der Waals surface area contributed by atoms with Gasteiger partial charge in [0.15, 0.2) is 5.96 Å². The Morgan fingerprint density at radius 3 is 2.57 bits per heavy atom. The lowest BCUT2D eigenvalue weighted by atomic mass is 9.92. The van der Waals surface area contributed by atoms with E-state index in [2.05, 4.69) is 29.1 Å². The van der Waals surface area contributed by atoms with Gasteiger partial charge >= 0.3 is 0 Å². The van der Waals surface area contributed by atoms with Crippen LogP contribution in [0.1, 0.15) is 40.0 Å². The highest BCUT2D eigenvalue weighted by Crippen LogP contribution is 2.20. The molecule has 1 saturated heterocycles. The maximum absolute atomic E-state index is 6.00. The van der Waals surface area contributed by atoms with Gasteiger partial charge in [0, 0.05) is 38.9 Å². The molecular formula is C17H36N4O2. The van der Waals surface area contributed by atoms with Gasteiger partial charge in [0.1, 0.15) is 0 Å². The van der Waals surface area contributed by atoms with Gasteiger partial charge in [-0.15, -0.1) is 0 Å². The van der Waals surface area contributed by atoms with E-state index in [-0.39, 0.29) is 0 Å². The molecule has 136 valence electrons. The second-order valence-corrected chi connectivity index (χ2v) is 6.00. The SMILES string of the molecule is CCOCCCNC(N)=NCC(C(CC)CC)N1CCOCC1. The molecule has 0 spiro atoms. The summed E-state index contributed by atoms with van der Waals surface area (Å²) in [6, 6.07) is 0.456. The van der Waals surface area contributed by atoms with Gasteiger partial charge in [0.25, 0.3) is 0 Å². The zero-order valence-corrected chi connectivity index (χ0v) is 15.2. The molecule has 23 heavy (non-hydrogen) atoms. The van der Waals surface area contributed by atoms with Crippen molar-refractivity contribution in [1.82, 2.24) is 10.2 Å². The van der Waals surface area contributed by atoms with Crippen LogP contribution < -0.4 is 11.1 Å². The lowest BCUT2D eigenvalue weighted by Gasteiger charge is -2.38. The molecule has 0 aromatic carbocycles. The van der Waals surface area contributed by atoms with Crippen molar-refractivity contribution in [2.75, 3.05) is 52.6 Å². The van der Waals surface area contributed by atoms with E-state index in [9.17, 15) is 0 Å². The molecule has 1 aliphatic rings. The van der Waals surface area contributed by atoms with Crippen LogP contribution in [-0.4, -0.2) is 69.5 Å². The Morgan fingerprint density at radius 2 is 1.96 bits per heavy atom. The lowest BCUT2D eigenvalue weighted by molar-refractivity contribution is 0.00396. The highest BCUT2D eigenvalue weighted by molar-refractivity contribution is 5.77. The average molecular weight is 329 g/mol. The number of guanidine groups is 1. The number of ether oxygens (including phenoxy) is 2. The molecule has 1 aliphatic heterocycles. The van der Waals surface area contributed by atoms with Crippen LogP contribution in [-0.2, 0) is 9.47 Å². The lowest BCUT2D eigenvalue weighted by Crippen LogP contribution is -2.49. The summed E-state index contributed by atoms with van der Waals surface area (Å²) in [6.45, 7) is 13.3. The largest absolute Gasteiger partial charge is 0.382 e. The third-order valence-electron chi connectivity index (χ3n) is 4.53. The highest BCUT2D eigenvalue weighted by Gasteiger charge is 2.26. The van der Waals surface area contributed by atoms with Gasteiger partial charge in [-0.3, -0.25) is 9.89 Å². The summed E-state index contributed by atoms with van der Waals surface area (Å²) in [4.78, 5) is 7.12. The van der Waals surface area contributed by atoms with E-state index in [4.69, 9.17) is 15.2 Å². The zero-order valence-electron chi connectivity index (χ0n) is 15.2. The quantitative estimate of drug-likeness (QED) is 0.341. The average Bonchev–Trinajstić information content (AvgIpc) is 2.59. The Kier molecular flexibility index (Phi) is 11.0. The highest BCUT2D eigenvalue weighted by atomic mass is 16.5. The Morgan fingerprint density at radius 1 is 1.26 bits per heavy atom. The molecule has 0 aliphatic carbocycles. The Balaban J connectivity index is 2.46. The summed E-state index contributed by atoms with van der Waals surface area (Å²) >= 11 is 0. The van der Waals surface area contributed by atoms with Gasteiger partial charge in [-0.1, -0.05) is 26.7 Å². The van der Waals surface area contributed by atoms with Gasteiger partial charge in [-0.05, 0) is 19.3 Å². The second-order valence-electron chi connectivity index (χ2n) is 6.00. The number of hydrogen-bond acceptors (Lipinski definition) is 4. The standard InChI is InChI=1S/C17H36N4O2/c1-4-15(5-2)16(21-9-12-23-13-10-21)14-20-17(18)19-8-7-11-22-6-3/h15-16H,4-14H2,1-3H3,(H3,18,19,20). The van der Waals surface area contributed by atoms with Crippen LogP contribution in [0.5, 0.6) is 0 Å². The molecular weight excluding hydrogens is 292 g/mol. The molecule has 0 aromatic rings.